The third kappa shape index (κ3) is 4.14. The quantitative estimate of drug-likeness (QED) is 0.728. The van der Waals surface area contributed by atoms with Crippen molar-refractivity contribution < 1.29 is 13.2 Å². The Hall–Kier alpha value is -1.22. The van der Waals surface area contributed by atoms with E-state index in [1.165, 1.54) is 6.07 Å². The van der Waals surface area contributed by atoms with Gasteiger partial charge in [0, 0.05) is 24.1 Å². The van der Waals surface area contributed by atoms with Crippen molar-refractivity contribution in [2.45, 2.75) is 25.4 Å². The van der Waals surface area contributed by atoms with Crippen LogP contribution in [0.5, 0.6) is 0 Å². The number of anilines is 1. The molecule has 0 aliphatic heterocycles. The molecule has 20 heavy (non-hydrogen) atoms. The number of halogens is 4. The summed E-state index contributed by atoms with van der Waals surface area (Å²) in [6, 6.07) is 6.35. The molecule has 0 fully saturated rings. The van der Waals surface area contributed by atoms with Crippen molar-refractivity contribution in [3.05, 3.63) is 29.3 Å². The van der Waals surface area contributed by atoms with Gasteiger partial charge in [0.05, 0.1) is 17.6 Å². The van der Waals surface area contributed by atoms with Gasteiger partial charge in [-0.2, -0.15) is 18.4 Å². The molecule has 0 spiro atoms. The van der Waals surface area contributed by atoms with Crippen LogP contribution in [0.2, 0.25) is 0 Å². The second-order valence-electron chi connectivity index (χ2n) is 4.55. The zero-order valence-electron chi connectivity index (χ0n) is 11.3. The molecule has 0 N–H and O–H groups in total. The lowest BCUT2D eigenvalue weighted by Gasteiger charge is -2.27. The first kappa shape index (κ1) is 16.8. The van der Waals surface area contributed by atoms with Crippen LogP contribution in [0.3, 0.4) is 0 Å². The Bertz CT molecular complexity index is 494. The first-order valence-corrected chi connectivity index (χ1v) is 7.36. The molecule has 1 unspecified atom stereocenters. The fourth-order valence-electron chi connectivity index (χ4n) is 1.94. The Balaban J connectivity index is 3.24. The Labute approximate surface area is 125 Å². The summed E-state index contributed by atoms with van der Waals surface area (Å²) in [6.45, 7) is 4.18. The number of hydrogen-bond donors (Lipinski definition) is 0. The average molecular weight is 349 g/mol. The molecular weight excluding hydrogens is 333 g/mol. The summed E-state index contributed by atoms with van der Waals surface area (Å²) >= 11 is 3.16. The Morgan fingerprint density at radius 3 is 2.50 bits per heavy atom. The van der Waals surface area contributed by atoms with E-state index in [1.807, 2.05) is 6.07 Å². The summed E-state index contributed by atoms with van der Waals surface area (Å²) in [5.41, 5.74) is 0.0544. The van der Waals surface area contributed by atoms with Gasteiger partial charge in [0.25, 0.3) is 0 Å². The second kappa shape index (κ2) is 6.98. The molecule has 0 saturated carbocycles. The molecule has 0 aliphatic rings. The molecule has 110 valence electrons. The molecule has 6 heteroatoms. The van der Waals surface area contributed by atoms with Gasteiger partial charge in [0.15, 0.2) is 0 Å². The molecular formula is C14H16BrF3N2. The van der Waals surface area contributed by atoms with Crippen LogP contribution in [0.25, 0.3) is 0 Å². The Morgan fingerprint density at radius 2 is 2.05 bits per heavy atom. The summed E-state index contributed by atoms with van der Waals surface area (Å²) in [5.74, 6) is -0.327. The van der Waals surface area contributed by atoms with Crippen molar-refractivity contribution in [2.75, 3.05) is 18.0 Å². The summed E-state index contributed by atoms with van der Waals surface area (Å²) in [4.78, 5) is 1.59. The lowest BCUT2D eigenvalue weighted by Crippen LogP contribution is -2.30. The Kier molecular flexibility index (Phi) is 5.88. The molecule has 0 saturated heterocycles. The fraction of sp³-hybridized carbons (Fsp3) is 0.500. The minimum atomic E-state index is -4.41. The Morgan fingerprint density at radius 1 is 1.40 bits per heavy atom. The average Bonchev–Trinajstić information content (AvgIpc) is 2.42. The smallest absolute Gasteiger partial charge is 0.370 e. The van der Waals surface area contributed by atoms with E-state index in [4.69, 9.17) is 5.26 Å². The van der Waals surface area contributed by atoms with Gasteiger partial charge in [0.1, 0.15) is 0 Å². The molecule has 0 bridgehead atoms. The van der Waals surface area contributed by atoms with Crippen LogP contribution in [-0.4, -0.2) is 13.1 Å². The second-order valence-corrected chi connectivity index (χ2v) is 5.11. The summed E-state index contributed by atoms with van der Waals surface area (Å²) in [6.07, 6.45) is -4.41. The van der Waals surface area contributed by atoms with Crippen LogP contribution in [0.15, 0.2) is 18.2 Å². The zero-order chi connectivity index (χ0) is 15.3. The number of nitriles is 1. The number of nitrogens with zero attached hydrogens (tertiary/aromatic N) is 2. The minimum Gasteiger partial charge on any atom is -0.370 e. The van der Waals surface area contributed by atoms with E-state index in [0.29, 0.717) is 17.4 Å². The van der Waals surface area contributed by atoms with Gasteiger partial charge in [-0.3, -0.25) is 0 Å². The topological polar surface area (TPSA) is 27.0 Å². The maximum absolute atomic E-state index is 13.2. The van der Waals surface area contributed by atoms with E-state index in [-0.39, 0.29) is 18.2 Å². The van der Waals surface area contributed by atoms with Gasteiger partial charge in [-0.1, -0.05) is 22.0 Å². The number of rotatable bonds is 5. The van der Waals surface area contributed by atoms with Crippen LogP contribution in [-0.2, 0) is 11.5 Å². The van der Waals surface area contributed by atoms with E-state index in [2.05, 4.69) is 15.9 Å². The molecule has 1 atom stereocenters. The van der Waals surface area contributed by atoms with Crippen molar-refractivity contribution in [1.29, 1.82) is 5.26 Å². The first-order chi connectivity index (χ1) is 9.33. The third-order valence-corrected chi connectivity index (χ3v) is 3.61. The lowest BCUT2D eigenvalue weighted by atomic mass is 10.1. The highest BCUT2D eigenvalue weighted by Gasteiger charge is 2.35. The minimum absolute atomic E-state index is 0.131. The SMILES string of the molecule is CCN(CC(C)C#N)c1ccc(CBr)cc1C(F)(F)F. The highest BCUT2D eigenvalue weighted by Crippen LogP contribution is 2.37. The van der Waals surface area contributed by atoms with Crippen molar-refractivity contribution in [3.63, 3.8) is 0 Å². The first-order valence-electron chi connectivity index (χ1n) is 6.24. The highest BCUT2D eigenvalue weighted by atomic mass is 79.9. The van der Waals surface area contributed by atoms with Gasteiger partial charge in [-0.05, 0) is 31.5 Å². The van der Waals surface area contributed by atoms with Crippen LogP contribution < -0.4 is 4.90 Å². The summed E-state index contributed by atoms with van der Waals surface area (Å²) < 4.78 is 39.5. The highest BCUT2D eigenvalue weighted by molar-refractivity contribution is 9.08. The van der Waals surface area contributed by atoms with E-state index in [9.17, 15) is 13.2 Å². The molecule has 1 aromatic carbocycles. The molecule has 0 aliphatic carbocycles. The fourth-order valence-corrected chi connectivity index (χ4v) is 2.29. The number of hydrogen-bond acceptors (Lipinski definition) is 2. The standard InChI is InChI=1S/C14H16BrF3N2/c1-3-20(9-10(2)8-19)13-5-4-11(7-15)6-12(13)14(16,17)18/h4-6,10H,3,7,9H2,1-2H3. The third-order valence-electron chi connectivity index (χ3n) is 2.96. The molecule has 0 amide bonds. The van der Waals surface area contributed by atoms with E-state index in [1.54, 1.807) is 24.8 Å². The predicted octanol–water partition coefficient (Wildman–Crippen LogP) is 4.59. The van der Waals surface area contributed by atoms with Crippen molar-refractivity contribution in [1.82, 2.24) is 0 Å². The molecule has 0 aromatic heterocycles. The maximum Gasteiger partial charge on any atom is 0.418 e. The van der Waals surface area contributed by atoms with Crippen LogP contribution in [0, 0.1) is 17.2 Å². The van der Waals surface area contributed by atoms with E-state index >= 15 is 0 Å². The monoisotopic (exact) mass is 348 g/mol. The maximum atomic E-state index is 13.2. The van der Waals surface area contributed by atoms with E-state index in [0.717, 1.165) is 6.07 Å². The summed E-state index contributed by atoms with van der Waals surface area (Å²) in [7, 11) is 0. The van der Waals surface area contributed by atoms with Crippen LogP contribution in [0.1, 0.15) is 25.0 Å². The van der Waals surface area contributed by atoms with Gasteiger partial charge >= 0.3 is 6.18 Å². The van der Waals surface area contributed by atoms with E-state index < -0.39 is 11.7 Å². The van der Waals surface area contributed by atoms with Gasteiger partial charge < -0.3 is 4.90 Å². The van der Waals surface area contributed by atoms with Crippen LogP contribution >= 0.6 is 15.9 Å². The van der Waals surface area contributed by atoms with Gasteiger partial charge in [-0.15, -0.1) is 0 Å². The van der Waals surface area contributed by atoms with Gasteiger partial charge in [-0.25, -0.2) is 0 Å². The van der Waals surface area contributed by atoms with Crippen molar-refractivity contribution in [2.24, 2.45) is 5.92 Å². The normalized spacial score (nSPS) is 12.8. The predicted molar refractivity (Wildman–Crippen MR) is 76.7 cm³/mol. The molecule has 2 nitrogen and oxygen atoms in total. The van der Waals surface area contributed by atoms with Crippen molar-refractivity contribution >= 4 is 21.6 Å². The zero-order valence-corrected chi connectivity index (χ0v) is 12.9. The molecule has 1 rings (SSSR count). The summed E-state index contributed by atoms with van der Waals surface area (Å²) in [5, 5.41) is 9.20. The number of benzene rings is 1. The molecule has 0 heterocycles. The molecule has 1 aromatic rings. The van der Waals surface area contributed by atoms with Crippen LogP contribution in [0.4, 0.5) is 18.9 Å². The molecule has 0 radical (unpaired) electrons. The van der Waals surface area contributed by atoms with Crippen molar-refractivity contribution in [3.8, 4) is 6.07 Å². The largest absolute Gasteiger partial charge is 0.418 e. The lowest BCUT2D eigenvalue weighted by molar-refractivity contribution is -0.137. The number of alkyl halides is 4. The van der Waals surface area contributed by atoms with Gasteiger partial charge in [0.2, 0.25) is 0 Å².